The zero-order valence-corrected chi connectivity index (χ0v) is 10.2. The Morgan fingerprint density at radius 2 is 2.00 bits per heavy atom. The van der Waals surface area contributed by atoms with Crippen LogP contribution in [0.3, 0.4) is 0 Å². The second kappa shape index (κ2) is 5.86. The van der Waals surface area contributed by atoms with E-state index in [-0.39, 0.29) is 0 Å². The lowest BCUT2D eigenvalue weighted by atomic mass is 9.90. The van der Waals surface area contributed by atoms with Gasteiger partial charge in [-0.05, 0) is 31.5 Å². The highest BCUT2D eigenvalue weighted by atomic mass is 14.9. The van der Waals surface area contributed by atoms with Crippen molar-refractivity contribution in [3.05, 3.63) is 29.6 Å². The molecular formula is C13H22N2. The van der Waals surface area contributed by atoms with Gasteiger partial charge in [0.2, 0.25) is 0 Å². The first-order valence-electron chi connectivity index (χ1n) is 5.83. The van der Waals surface area contributed by atoms with Gasteiger partial charge in [-0.25, -0.2) is 0 Å². The van der Waals surface area contributed by atoms with Gasteiger partial charge in [-0.15, -0.1) is 0 Å². The molecule has 0 bridgehead atoms. The van der Waals surface area contributed by atoms with Crippen LogP contribution in [0.2, 0.25) is 0 Å². The summed E-state index contributed by atoms with van der Waals surface area (Å²) in [5.41, 5.74) is 2.48. The Morgan fingerprint density at radius 3 is 2.47 bits per heavy atom. The molecule has 1 aromatic heterocycles. The molecule has 0 saturated carbocycles. The number of aryl methyl sites for hydroxylation is 1. The van der Waals surface area contributed by atoms with Crippen molar-refractivity contribution in [2.45, 2.75) is 39.7 Å². The van der Waals surface area contributed by atoms with Crippen LogP contribution >= 0.6 is 0 Å². The first-order chi connectivity index (χ1) is 7.24. The van der Waals surface area contributed by atoms with E-state index in [9.17, 15) is 0 Å². The maximum atomic E-state index is 4.50. The van der Waals surface area contributed by atoms with Crippen molar-refractivity contribution >= 4 is 0 Å². The Hall–Kier alpha value is -0.890. The molecule has 0 saturated heterocycles. The lowest BCUT2D eigenvalue weighted by Gasteiger charge is -2.25. The molecule has 0 aliphatic carbocycles. The molecule has 1 N–H and O–H groups in total. The fraction of sp³-hybridized carbons (Fsp3) is 0.615. The number of hydrogen-bond acceptors (Lipinski definition) is 2. The summed E-state index contributed by atoms with van der Waals surface area (Å²) in [6, 6.07) is 4.52. The fourth-order valence-electron chi connectivity index (χ4n) is 2.18. The third-order valence-electron chi connectivity index (χ3n) is 3.18. The van der Waals surface area contributed by atoms with E-state index in [1.54, 1.807) is 0 Å². The van der Waals surface area contributed by atoms with E-state index in [0.717, 1.165) is 0 Å². The summed E-state index contributed by atoms with van der Waals surface area (Å²) >= 11 is 0. The molecule has 2 nitrogen and oxygen atoms in total. The molecule has 1 aromatic rings. The van der Waals surface area contributed by atoms with Crippen LogP contribution in [0.4, 0.5) is 0 Å². The van der Waals surface area contributed by atoms with Crippen LogP contribution < -0.4 is 5.32 Å². The topological polar surface area (TPSA) is 24.9 Å². The molecule has 0 amide bonds. The predicted molar refractivity (Wildman–Crippen MR) is 64.8 cm³/mol. The fourth-order valence-corrected chi connectivity index (χ4v) is 2.18. The molecule has 2 heteroatoms. The van der Waals surface area contributed by atoms with Crippen molar-refractivity contribution in [2.75, 3.05) is 7.05 Å². The molecule has 0 aliphatic rings. The summed E-state index contributed by atoms with van der Waals surface area (Å²) in [4.78, 5) is 4.50. The minimum absolute atomic E-state index is 0.390. The van der Waals surface area contributed by atoms with Crippen LogP contribution in [-0.2, 0) is 0 Å². The van der Waals surface area contributed by atoms with Gasteiger partial charge in [0.05, 0.1) is 11.7 Å². The molecule has 84 valence electrons. The largest absolute Gasteiger partial charge is 0.311 e. The van der Waals surface area contributed by atoms with Crippen LogP contribution in [0.1, 0.15) is 44.0 Å². The highest BCUT2D eigenvalue weighted by Crippen LogP contribution is 2.27. The van der Waals surface area contributed by atoms with E-state index < -0.39 is 0 Å². The smallest absolute Gasteiger partial charge is 0.0604 e. The Balaban J connectivity index is 2.96. The van der Waals surface area contributed by atoms with Gasteiger partial charge in [-0.1, -0.05) is 32.8 Å². The molecule has 1 unspecified atom stereocenters. The highest BCUT2D eigenvalue weighted by Gasteiger charge is 2.20. The normalized spacial score (nSPS) is 13.1. The molecule has 0 spiro atoms. The Kier molecular flexibility index (Phi) is 4.76. The third kappa shape index (κ3) is 2.78. The Labute approximate surface area is 93.1 Å². The third-order valence-corrected chi connectivity index (χ3v) is 3.18. The minimum Gasteiger partial charge on any atom is -0.311 e. The number of hydrogen-bond donors (Lipinski definition) is 1. The molecular weight excluding hydrogens is 184 g/mol. The number of nitrogens with zero attached hydrogens (tertiary/aromatic N) is 1. The van der Waals surface area contributed by atoms with Crippen molar-refractivity contribution < 1.29 is 0 Å². The van der Waals surface area contributed by atoms with Crippen LogP contribution in [0.25, 0.3) is 0 Å². The van der Waals surface area contributed by atoms with Crippen molar-refractivity contribution in [2.24, 2.45) is 5.92 Å². The summed E-state index contributed by atoms with van der Waals surface area (Å²) in [7, 11) is 2.02. The minimum atomic E-state index is 0.390. The van der Waals surface area contributed by atoms with Crippen molar-refractivity contribution in [3.63, 3.8) is 0 Å². The summed E-state index contributed by atoms with van der Waals surface area (Å²) in [5, 5.41) is 3.40. The standard InChI is InChI=1S/C13H22N2/c1-5-11(6-2)13(14-4)12-10(3)8-7-9-15-12/h7-9,11,13-14H,5-6H2,1-4H3. The molecule has 15 heavy (non-hydrogen) atoms. The molecule has 1 heterocycles. The summed E-state index contributed by atoms with van der Waals surface area (Å²) in [6.07, 6.45) is 4.27. The van der Waals surface area contributed by atoms with Gasteiger partial charge in [0.1, 0.15) is 0 Å². The number of aromatic nitrogens is 1. The zero-order valence-electron chi connectivity index (χ0n) is 10.2. The van der Waals surface area contributed by atoms with Gasteiger partial charge in [0.15, 0.2) is 0 Å². The van der Waals surface area contributed by atoms with Crippen LogP contribution in [0.15, 0.2) is 18.3 Å². The van der Waals surface area contributed by atoms with E-state index in [0.29, 0.717) is 12.0 Å². The monoisotopic (exact) mass is 206 g/mol. The van der Waals surface area contributed by atoms with E-state index in [4.69, 9.17) is 0 Å². The summed E-state index contributed by atoms with van der Waals surface area (Å²) in [5.74, 6) is 0.670. The lowest BCUT2D eigenvalue weighted by molar-refractivity contribution is 0.352. The molecule has 0 aliphatic heterocycles. The molecule has 0 radical (unpaired) electrons. The number of pyridine rings is 1. The molecule has 1 rings (SSSR count). The van der Waals surface area contributed by atoms with Gasteiger partial charge >= 0.3 is 0 Å². The second-order valence-corrected chi connectivity index (χ2v) is 4.05. The average Bonchev–Trinajstić information content (AvgIpc) is 2.27. The van der Waals surface area contributed by atoms with Crippen LogP contribution in [-0.4, -0.2) is 12.0 Å². The first kappa shape index (κ1) is 12.2. The quantitative estimate of drug-likeness (QED) is 0.800. The molecule has 0 aromatic carbocycles. The van der Waals surface area contributed by atoms with Crippen LogP contribution in [0, 0.1) is 12.8 Å². The molecule has 1 atom stereocenters. The summed E-state index contributed by atoms with van der Waals surface area (Å²) in [6.45, 7) is 6.63. The van der Waals surface area contributed by atoms with Gasteiger partial charge in [-0.2, -0.15) is 0 Å². The maximum Gasteiger partial charge on any atom is 0.0604 e. The van der Waals surface area contributed by atoms with Gasteiger partial charge < -0.3 is 5.32 Å². The zero-order chi connectivity index (χ0) is 11.3. The predicted octanol–water partition coefficient (Wildman–Crippen LogP) is 3.09. The van der Waals surface area contributed by atoms with E-state index in [2.05, 4.69) is 37.1 Å². The van der Waals surface area contributed by atoms with Gasteiger partial charge in [-0.3, -0.25) is 4.98 Å². The van der Waals surface area contributed by atoms with Gasteiger partial charge in [0.25, 0.3) is 0 Å². The van der Waals surface area contributed by atoms with E-state index >= 15 is 0 Å². The Bertz CT molecular complexity index is 292. The molecule has 0 fully saturated rings. The Morgan fingerprint density at radius 1 is 1.33 bits per heavy atom. The first-order valence-corrected chi connectivity index (χ1v) is 5.83. The van der Waals surface area contributed by atoms with E-state index in [1.165, 1.54) is 24.1 Å². The van der Waals surface area contributed by atoms with Crippen molar-refractivity contribution in [3.8, 4) is 0 Å². The SMILES string of the molecule is CCC(CC)C(NC)c1ncccc1C. The number of rotatable bonds is 5. The van der Waals surface area contributed by atoms with Crippen LogP contribution in [0.5, 0.6) is 0 Å². The van der Waals surface area contributed by atoms with Crippen molar-refractivity contribution in [1.82, 2.24) is 10.3 Å². The second-order valence-electron chi connectivity index (χ2n) is 4.05. The summed E-state index contributed by atoms with van der Waals surface area (Å²) < 4.78 is 0. The van der Waals surface area contributed by atoms with Gasteiger partial charge in [0, 0.05) is 6.20 Å². The van der Waals surface area contributed by atoms with E-state index in [1.807, 2.05) is 19.3 Å². The highest BCUT2D eigenvalue weighted by molar-refractivity contribution is 5.21. The number of nitrogens with one attached hydrogen (secondary N) is 1. The van der Waals surface area contributed by atoms with Crippen molar-refractivity contribution in [1.29, 1.82) is 0 Å². The maximum absolute atomic E-state index is 4.50. The average molecular weight is 206 g/mol. The lowest BCUT2D eigenvalue weighted by Crippen LogP contribution is -2.26.